The van der Waals surface area contributed by atoms with Gasteiger partial charge in [0.1, 0.15) is 11.3 Å². The van der Waals surface area contributed by atoms with E-state index in [-0.39, 0.29) is 11.6 Å². The van der Waals surface area contributed by atoms with Crippen LogP contribution in [0.2, 0.25) is 5.02 Å². The molecule has 0 aliphatic rings. The van der Waals surface area contributed by atoms with Gasteiger partial charge >= 0.3 is 0 Å². The number of nitrogens with zero attached hydrogens (tertiary/aromatic N) is 1. The van der Waals surface area contributed by atoms with E-state index in [9.17, 15) is 8.78 Å². The second kappa shape index (κ2) is 5.24. The molecule has 0 spiro atoms. The molecule has 0 amide bonds. The van der Waals surface area contributed by atoms with E-state index < -0.39 is 11.6 Å². The molecule has 0 aliphatic carbocycles. The number of aromatic nitrogens is 2. The predicted molar refractivity (Wildman–Crippen MR) is 82.3 cm³/mol. The first-order valence-electron chi connectivity index (χ1n) is 6.32. The molecule has 2 aromatic carbocycles. The zero-order chi connectivity index (χ0) is 15.1. The van der Waals surface area contributed by atoms with Gasteiger partial charge in [0.05, 0.1) is 11.6 Å². The number of nitrogens with one attached hydrogen (secondary N) is 1. The first-order chi connectivity index (χ1) is 9.97. The van der Waals surface area contributed by atoms with Gasteiger partial charge in [-0.1, -0.05) is 23.7 Å². The Bertz CT molecular complexity index is 885. The van der Waals surface area contributed by atoms with Crippen molar-refractivity contribution in [3.8, 4) is 0 Å². The molecule has 0 aliphatic heterocycles. The number of fused-ring (bicyclic) bond motifs is 1. The Hall–Kier alpha value is -1.72. The summed E-state index contributed by atoms with van der Waals surface area (Å²) < 4.78 is 29.3. The third kappa shape index (κ3) is 2.47. The summed E-state index contributed by atoms with van der Waals surface area (Å²) in [4.78, 5) is 2.79. The molecule has 1 atom stereocenters. The minimum Gasteiger partial charge on any atom is -0.328 e. The highest BCUT2D eigenvalue weighted by molar-refractivity contribution is 7.71. The van der Waals surface area contributed by atoms with Crippen LogP contribution in [0.5, 0.6) is 0 Å². The molecule has 2 nitrogen and oxygen atoms in total. The van der Waals surface area contributed by atoms with Crippen molar-refractivity contribution in [2.24, 2.45) is 0 Å². The first kappa shape index (κ1) is 14.2. The fourth-order valence-electron chi connectivity index (χ4n) is 2.45. The Kier molecular flexibility index (Phi) is 3.55. The van der Waals surface area contributed by atoms with Crippen LogP contribution in [0, 0.1) is 16.4 Å². The van der Waals surface area contributed by atoms with E-state index in [1.165, 1.54) is 6.07 Å². The van der Waals surface area contributed by atoms with Crippen LogP contribution in [0.4, 0.5) is 8.78 Å². The van der Waals surface area contributed by atoms with Crippen LogP contribution in [-0.4, -0.2) is 9.55 Å². The average molecular weight is 325 g/mol. The van der Waals surface area contributed by atoms with Crippen molar-refractivity contribution in [1.29, 1.82) is 0 Å². The van der Waals surface area contributed by atoms with Crippen LogP contribution in [-0.2, 0) is 0 Å². The minimum atomic E-state index is -0.659. The molecule has 0 bridgehead atoms. The summed E-state index contributed by atoms with van der Waals surface area (Å²) >= 11 is 11.2. The van der Waals surface area contributed by atoms with E-state index >= 15 is 0 Å². The molecule has 0 fully saturated rings. The number of hydrogen-bond acceptors (Lipinski definition) is 1. The number of imidazole rings is 1. The topological polar surface area (TPSA) is 20.7 Å². The lowest BCUT2D eigenvalue weighted by Gasteiger charge is -2.15. The van der Waals surface area contributed by atoms with Crippen LogP contribution in [0.1, 0.15) is 18.5 Å². The summed E-state index contributed by atoms with van der Waals surface area (Å²) in [7, 11) is 0. The number of benzene rings is 2. The molecular weight excluding hydrogens is 314 g/mol. The summed E-state index contributed by atoms with van der Waals surface area (Å²) in [6, 6.07) is 9.20. The number of halogens is 3. The molecule has 1 unspecified atom stereocenters. The Balaban J connectivity index is 2.25. The second-order valence-corrected chi connectivity index (χ2v) is 5.64. The van der Waals surface area contributed by atoms with Crippen LogP contribution < -0.4 is 0 Å². The fourth-order valence-corrected chi connectivity index (χ4v) is 3.01. The number of H-pyrrole nitrogens is 1. The highest BCUT2D eigenvalue weighted by Gasteiger charge is 2.16. The fraction of sp³-hybridized carbons (Fsp3) is 0.133. The van der Waals surface area contributed by atoms with Crippen molar-refractivity contribution in [1.82, 2.24) is 9.55 Å². The molecule has 0 saturated carbocycles. The Morgan fingerprint density at radius 1 is 1.24 bits per heavy atom. The van der Waals surface area contributed by atoms with Crippen LogP contribution in [0.25, 0.3) is 11.0 Å². The van der Waals surface area contributed by atoms with Crippen LogP contribution in [0.3, 0.4) is 0 Å². The molecule has 0 radical (unpaired) electrons. The maximum atomic E-state index is 13.8. The molecule has 1 aromatic heterocycles. The average Bonchev–Trinajstić information content (AvgIpc) is 2.74. The highest BCUT2D eigenvalue weighted by Crippen LogP contribution is 2.27. The molecular formula is C15H11ClF2N2S. The van der Waals surface area contributed by atoms with Crippen molar-refractivity contribution in [3.05, 3.63) is 63.4 Å². The Labute approximate surface area is 130 Å². The van der Waals surface area contributed by atoms with Crippen molar-refractivity contribution in [3.63, 3.8) is 0 Å². The smallest absolute Gasteiger partial charge is 0.178 e. The van der Waals surface area contributed by atoms with E-state index in [2.05, 4.69) is 4.98 Å². The van der Waals surface area contributed by atoms with Gasteiger partial charge in [-0.25, -0.2) is 8.78 Å². The standard InChI is InChI=1S/C15H11ClF2N2S/c1-8(9-3-2-4-10(16)5-9)20-13-7-11(17)6-12(18)14(13)19-15(20)21/h2-8H,1H3,(H,19,21). The van der Waals surface area contributed by atoms with Gasteiger partial charge in [0, 0.05) is 11.1 Å². The molecule has 108 valence electrons. The molecule has 1 heterocycles. The SMILES string of the molecule is CC(c1cccc(Cl)c1)n1c(=S)[nH]c2c(F)cc(F)cc21. The molecule has 3 rings (SSSR count). The van der Waals surface area contributed by atoms with Crippen molar-refractivity contribution in [2.75, 3.05) is 0 Å². The lowest BCUT2D eigenvalue weighted by molar-refractivity contribution is 0.588. The van der Waals surface area contributed by atoms with Crippen molar-refractivity contribution in [2.45, 2.75) is 13.0 Å². The van der Waals surface area contributed by atoms with E-state index in [0.29, 0.717) is 15.3 Å². The number of aromatic amines is 1. The normalized spacial score (nSPS) is 12.8. The van der Waals surface area contributed by atoms with Crippen LogP contribution in [0.15, 0.2) is 36.4 Å². The predicted octanol–water partition coefficient (Wildman–Crippen LogP) is 5.24. The summed E-state index contributed by atoms with van der Waals surface area (Å²) in [5.74, 6) is -1.30. The zero-order valence-corrected chi connectivity index (χ0v) is 12.6. The third-order valence-electron chi connectivity index (χ3n) is 3.46. The van der Waals surface area contributed by atoms with E-state index in [4.69, 9.17) is 23.8 Å². The van der Waals surface area contributed by atoms with E-state index in [1.807, 2.05) is 25.1 Å². The molecule has 0 saturated heterocycles. The summed E-state index contributed by atoms with van der Waals surface area (Å²) in [6.07, 6.45) is 0. The number of rotatable bonds is 2. The first-order valence-corrected chi connectivity index (χ1v) is 7.10. The Morgan fingerprint density at radius 2 is 2.00 bits per heavy atom. The monoisotopic (exact) mass is 324 g/mol. The summed E-state index contributed by atoms with van der Waals surface area (Å²) in [5.41, 5.74) is 1.50. The lowest BCUT2D eigenvalue weighted by atomic mass is 10.1. The molecule has 6 heteroatoms. The molecule has 3 aromatic rings. The van der Waals surface area contributed by atoms with Gasteiger partial charge in [-0.2, -0.15) is 0 Å². The van der Waals surface area contributed by atoms with Crippen molar-refractivity contribution < 1.29 is 8.78 Å². The third-order valence-corrected chi connectivity index (χ3v) is 4.00. The molecule has 21 heavy (non-hydrogen) atoms. The van der Waals surface area contributed by atoms with Gasteiger partial charge in [-0.15, -0.1) is 0 Å². The zero-order valence-electron chi connectivity index (χ0n) is 11.0. The van der Waals surface area contributed by atoms with Gasteiger partial charge in [0.15, 0.2) is 10.6 Å². The lowest BCUT2D eigenvalue weighted by Crippen LogP contribution is -2.07. The second-order valence-electron chi connectivity index (χ2n) is 4.81. The highest BCUT2D eigenvalue weighted by atomic mass is 35.5. The van der Waals surface area contributed by atoms with Gasteiger partial charge in [0.25, 0.3) is 0 Å². The largest absolute Gasteiger partial charge is 0.328 e. The summed E-state index contributed by atoms with van der Waals surface area (Å²) in [6.45, 7) is 1.90. The van der Waals surface area contributed by atoms with Gasteiger partial charge in [0.2, 0.25) is 0 Å². The van der Waals surface area contributed by atoms with Crippen LogP contribution >= 0.6 is 23.8 Å². The maximum Gasteiger partial charge on any atom is 0.178 e. The van der Waals surface area contributed by atoms with E-state index in [1.54, 1.807) is 10.6 Å². The maximum absolute atomic E-state index is 13.8. The minimum absolute atomic E-state index is 0.203. The Morgan fingerprint density at radius 3 is 2.71 bits per heavy atom. The quantitative estimate of drug-likeness (QED) is 0.639. The van der Waals surface area contributed by atoms with Gasteiger partial charge in [-0.05, 0) is 42.9 Å². The molecule has 1 N–H and O–H groups in total. The van der Waals surface area contributed by atoms with E-state index in [0.717, 1.165) is 11.6 Å². The number of hydrogen-bond donors (Lipinski definition) is 1. The van der Waals surface area contributed by atoms with Crippen molar-refractivity contribution >= 4 is 34.9 Å². The van der Waals surface area contributed by atoms with Gasteiger partial charge < -0.3 is 9.55 Å². The van der Waals surface area contributed by atoms with Gasteiger partial charge in [-0.3, -0.25) is 0 Å². The summed E-state index contributed by atoms with van der Waals surface area (Å²) in [5, 5.41) is 0.600.